The van der Waals surface area contributed by atoms with Crippen molar-refractivity contribution >= 4 is 35.6 Å². The van der Waals surface area contributed by atoms with E-state index < -0.39 is 72.6 Å². The molecule has 4 atom stereocenters. The molecule has 4 amide bonds. The van der Waals surface area contributed by atoms with Crippen molar-refractivity contribution in [3.05, 3.63) is 0 Å². The van der Waals surface area contributed by atoms with Crippen LogP contribution in [0.1, 0.15) is 26.7 Å². The van der Waals surface area contributed by atoms with Crippen molar-refractivity contribution in [2.75, 3.05) is 19.6 Å². The van der Waals surface area contributed by atoms with Crippen molar-refractivity contribution in [2.24, 2.45) is 11.7 Å². The number of rotatable bonds is 13. The lowest BCUT2D eigenvalue weighted by molar-refractivity contribution is -0.144. The van der Waals surface area contributed by atoms with E-state index in [1.807, 2.05) is 0 Å². The standard InChI is InChI=1S/C19H32N8O8/c1-8(2)15(18(34)35)24-16(32)10(4-14(30)31)23-12(28)6-21-17(33)11-3-9(22-19-25-26-19)7-27(11)13(29)5-20/h8-11,15,19,22,25-26H,3-7,20H2,1-2H3,(H,21,33)(H,23,28)(H,24,32)(H,30,31)(H,34,35)/t9-,10+,11+,15+/m1/s1. The van der Waals surface area contributed by atoms with Crippen LogP contribution in [0.25, 0.3) is 0 Å². The summed E-state index contributed by atoms with van der Waals surface area (Å²) in [5.74, 6) is -6.11. The number of hydrogen-bond acceptors (Lipinski definition) is 10. The fourth-order valence-corrected chi connectivity index (χ4v) is 3.64. The molecule has 2 aliphatic heterocycles. The van der Waals surface area contributed by atoms with Crippen LogP contribution in [-0.4, -0.2) is 101 Å². The van der Waals surface area contributed by atoms with Crippen molar-refractivity contribution in [1.29, 1.82) is 0 Å². The lowest BCUT2D eigenvalue weighted by atomic mass is 10.0. The van der Waals surface area contributed by atoms with Crippen LogP contribution >= 0.6 is 0 Å². The second-order valence-corrected chi connectivity index (χ2v) is 8.59. The minimum Gasteiger partial charge on any atom is -0.481 e. The average molecular weight is 501 g/mol. The van der Waals surface area contributed by atoms with Crippen LogP contribution in [0.15, 0.2) is 0 Å². The number of hydrazine groups is 1. The maximum Gasteiger partial charge on any atom is 0.326 e. The highest BCUT2D eigenvalue weighted by atomic mass is 16.4. The molecule has 0 bridgehead atoms. The number of likely N-dealkylation sites (tertiary alicyclic amines) is 1. The fourth-order valence-electron chi connectivity index (χ4n) is 3.64. The Balaban J connectivity index is 1.95. The summed E-state index contributed by atoms with van der Waals surface area (Å²) in [5.41, 5.74) is 11.1. The third kappa shape index (κ3) is 8.43. The number of nitrogens with zero attached hydrogens (tertiary/aromatic N) is 1. The topological polar surface area (TPSA) is 264 Å². The largest absolute Gasteiger partial charge is 0.481 e. The molecule has 0 aromatic heterocycles. The third-order valence-corrected chi connectivity index (χ3v) is 5.47. The number of aliphatic carboxylic acids is 2. The van der Waals surface area contributed by atoms with Crippen LogP contribution in [0.4, 0.5) is 0 Å². The van der Waals surface area contributed by atoms with E-state index in [2.05, 4.69) is 32.1 Å². The van der Waals surface area contributed by atoms with Gasteiger partial charge in [0.2, 0.25) is 23.6 Å². The number of nitrogens with one attached hydrogen (secondary N) is 6. The molecule has 0 aliphatic carbocycles. The number of carbonyl (C=O) groups is 6. The fraction of sp³-hybridized carbons (Fsp3) is 0.684. The SMILES string of the molecule is CC(C)[C@H](NC(=O)[C@H](CC(=O)O)NC(=O)CNC(=O)[C@@H]1C[C@@H](NC2NN2)CN1C(=O)CN)C(=O)O. The van der Waals surface area contributed by atoms with Crippen LogP contribution in [0.2, 0.25) is 0 Å². The van der Waals surface area contributed by atoms with E-state index in [0.717, 1.165) is 0 Å². The maximum absolute atomic E-state index is 12.7. The van der Waals surface area contributed by atoms with Gasteiger partial charge in [0.25, 0.3) is 0 Å². The average Bonchev–Trinajstić information content (AvgIpc) is 3.49. The lowest BCUT2D eigenvalue weighted by Crippen LogP contribution is -2.55. The van der Waals surface area contributed by atoms with Gasteiger partial charge < -0.3 is 36.8 Å². The first-order valence-corrected chi connectivity index (χ1v) is 11.0. The predicted octanol–water partition coefficient (Wildman–Crippen LogP) is -4.80. The molecule has 35 heavy (non-hydrogen) atoms. The van der Waals surface area contributed by atoms with Crippen molar-refractivity contribution < 1.29 is 39.0 Å². The molecule has 0 aromatic carbocycles. The molecule has 2 fully saturated rings. The maximum atomic E-state index is 12.7. The summed E-state index contributed by atoms with van der Waals surface area (Å²) in [6.07, 6.45) is -0.654. The normalized spacial score (nSPS) is 21.2. The molecule has 0 unspecified atom stereocenters. The van der Waals surface area contributed by atoms with Gasteiger partial charge in [-0.25, -0.2) is 15.6 Å². The van der Waals surface area contributed by atoms with Crippen molar-refractivity contribution in [3.8, 4) is 0 Å². The third-order valence-electron chi connectivity index (χ3n) is 5.47. The molecule has 196 valence electrons. The van der Waals surface area contributed by atoms with E-state index in [0.29, 0.717) is 0 Å². The molecule has 0 saturated carbocycles. The highest BCUT2D eigenvalue weighted by Crippen LogP contribution is 2.19. The van der Waals surface area contributed by atoms with Gasteiger partial charge in [0.15, 0.2) is 0 Å². The second-order valence-electron chi connectivity index (χ2n) is 8.59. The Bertz CT molecular complexity index is 849. The van der Waals surface area contributed by atoms with Gasteiger partial charge in [-0.3, -0.25) is 29.3 Å². The summed E-state index contributed by atoms with van der Waals surface area (Å²) in [7, 11) is 0. The number of nitrogens with two attached hydrogens (primary N) is 1. The summed E-state index contributed by atoms with van der Waals surface area (Å²) in [5, 5.41) is 28.2. The number of hydrogen-bond donors (Lipinski definition) is 9. The van der Waals surface area contributed by atoms with E-state index in [1.165, 1.54) is 4.90 Å². The lowest BCUT2D eigenvalue weighted by Gasteiger charge is -2.24. The summed E-state index contributed by atoms with van der Waals surface area (Å²) in [4.78, 5) is 73.4. The van der Waals surface area contributed by atoms with Crippen molar-refractivity contribution in [1.82, 2.24) is 37.0 Å². The Morgan fingerprint density at radius 2 is 1.74 bits per heavy atom. The van der Waals surface area contributed by atoms with E-state index in [4.69, 9.17) is 10.8 Å². The molecule has 16 nitrogen and oxygen atoms in total. The zero-order chi connectivity index (χ0) is 26.3. The zero-order valence-electron chi connectivity index (χ0n) is 19.4. The van der Waals surface area contributed by atoms with Crippen molar-refractivity contribution in [3.63, 3.8) is 0 Å². The van der Waals surface area contributed by atoms with Crippen LogP contribution < -0.4 is 37.9 Å². The van der Waals surface area contributed by atoms with E-state index in [9.17, 15) is 33.9 Å². The van der Waals surface area contributed by atoms with Gasteiger partial charge in [0, 0.05) is 12.6 Å². The highest BCUT2D eigenvalue weighted by molar-refractivity contribution is 5.95. The van der Waals surface area contributed by atoms with Crippen LogP contribution in [0.3, 0.4) is 0 Å². The predicted molar refractivity (Wildman–Crippen MR) is 118 cm³/mol. The van der Waals surface area contributed by atoms with Gasteiger partial charge in [0.05, 0.1) is 19.5 Å². The molecule has 0 radical (unpaired) electrons. The minimum atomic E-state index is -1.56. The first-order chi connectivity index (χ1) is 16.4. The van der Waals surface area contributed by atoms with Gasteiger partial charge >= 0.3 is 11.9 Å². The first-order valence-electron chi connectivity index (χ1n) is 11.0. The quantitative estimate of drug-likeness (QED) is 0.108. The number of amides is 4. The Morgan fingerprint density at radius 3 is 2.26 bits per heavy atom. The van der Waals surface area contributed by atoms with E-state index >= 15 is 0 Å². The monoisotopic (exact) mass is 500 g/mol. The molecule has 16 heteroatoms. The van der Waals surface area contributed by atoms with Crippen molar-refractivity contribution in [2.45, 2.75) is 57.1 Å². The minimum absolute atomic E-state index is 0.129. The Morgan fingerprint density at radius 1 is 1.09 bits per heavy atom. The molecule has 2 heterocycles. The summed E-state index contributed by atoms with van der Waals surface area (Å²) in [6, 6.07) is -3.93. The molecule has 10 N–H and O–H groups in total. The number of carboxylic acid groups (broad SMARTS) is 2. The smallest absolute Gasteiger partial charge is 0.326 e. The molecular weight excluding hydrogens is 468 g/mol. The van der Waals surface area contributed by atoms with Gasteiger partial charge in [-0.15, -0.1) is 0 Å². The molecule has 0 aromatic rings. The summed E-state index contributed by atoms with van der Waals surface area (Å²) >= 11 is 0. The molecule has 2 rings (SSSR count). The van der Waals surface area contributed by atoms with Gasteiger partial charge in [0.1, 0.15) is 24.4 Å². The Hall–Kier alpha value is -3.34. The van der Waals surface area contributed by atoms with Crippen LogP contribution in [-0.2, 0) is 28.8 Å². The van der Waals surface area contributed by atoms with Gasteiger partial charge in [-0.05, 0) is 12.3 Å². The molecule has 2 aliphatic rings. The first kappa shape index (κ1) is 27.9. The number of carbonyl (C=O) groups excluding carboxylic acids is 4. The highest BCUT2D eigenvalue weighted by Gasteiger charge is 2.41. The van der Waals surface area contributed by atoms with E-state index in [-0.39, 0.29) is 31.8 Å². The zero-order valence-corrected chi connectivity index (χ0v) is 19.4. The molecule has 0 spiro atoms. The molecular formula is C19H32N8O8. The Kier molecular flexibility index (Phi) is 9.88. The summed E-state index contributed by atoms with van der Waals surface area (Å²) < 4.78 is 0. The Labute approximate surface area is 200 Å². The van der Waals surface area contributed by atoms with Crippen LogP contribution in [0.5, 0.6) is 0 Å². The molecule has 2 saturated heterocycles. The van der Waals surface area contributed by atoms with E-state index in [1.54, 1.807) is 13.8 Å². The van der Waals surface area contributed by atoms with Crippen LogP contribution in [0, 0.1) is 5.92 Å². The summed E-state index contributed by atoms with van der Waals surface area (Å²) in [6.45, 7) is 2.45. The van der Waals surface area contributed by atoms with Gasteiger partial charge in [-0.2, -0.15) is 0 Å². The number of carboxylic acids is 2. The van der Waals surface area contributed by atoms with Gasteiger partial charge in [-0.1, -0.05) is 13.8 Å². The second kappa shape index (κ2) is 12.4.